The van der Waals surface area contributed by atoms with Crippen LogP contribution in [0.1, 0.15) is 0 Å². The Bertz CT molecular complexity index is 973. The van der Waals surface area contributed by atoms with E-state index in [1.165, 1.54) is 11.8 Å². The molecule has 0 atom stereocenters. The monoisotopic (exact) mass is 438 g/mol. The average molecular weight is 439 g/mol. The van der Waals surface area contributed by atoms with Crippen molar-refractivity contribution in [3.63, 3.8) is 0 Å². The third kappa shape index (κ3) is 4.16. The Labute approximate surface area is 175 Å². The van der Waals surface area contributed by atoms with E-state index >= 15 is 0 Å². The van der Waals surface area contributed by atoms with Crippen LogP contribution in [0.25, 0.3) is 10.2 Å². The number of rotatable bonds is 4. The summed E-state index contributed by atoms with van der Waals surface area (Å²) in [6.07, 6.45) is 1.61. The molecular formula is C18H16Cl2N4OS2. The summed E-state index contributed by atoms with van der Waals surface area (Å²) in [5.41, 5.74) is 0. The van der Waals surface area contributed by atoms with Crippen molar-refractivity contribution in [2.45, 2.75) is 4.90 Å². The van der Waals surface area contributed by atoms with Crippen LogP contribution in [0.4, 0.5) is 5.82 Å². The lowest BCUT2D eigenvalue weighted by Gasteiger charge is -2.35. The van der Waals surface area contributed by atoms with Crippen LogP contribution in [0.2, 0.25) is 10.0 Å². The lowest BCUT2D eigenvalue weighted by atomic mass is 10.2. The number of thioether (sulfide) groups is 1. The summed E-state index contributed by atoms with van der Waals surface area (Å²) >= 11 is 15.2. The highest BCUT2D eigenvalue weighted by Gasteiger charge is 2.23. The van der Waals surface area contributed by atoms with Gasteiger partial charge in [0.1, 0.15) is 17.0 Å². The first kappa shape index (κ1) is 18.8. The Hall–Kier alpha value is -1.54. The minimum atomic E-state index is 0.110. The van der Waals surface area contributed by atoms with Crippen molar-refractivity contribution < 1.29 is 4.79 Å². The third-order valence-corrected chi connectivity index (χ3v) is 6.95. The van der Waals surface area contributed by atoms with E-state index in [0.29, 0.717) is 28.9 Å². The Balaban J connectivity index is 1.35. The van der Waals surface area contributed by atoms with Crippen molar-refractivity contribution in [1.82, 2.24) is 14.9 Å². The zero-order valence-electron chi connectivity index (χ0n) is 14.3. The summed E-state index contributed by atoms with van der Waals surface area (Å²) in [7, 11) is 0. The van der Waals surface area contributed by atoms with E-state index in [9.17, 15) is 4.79 Å². The number of hydrogen-bond acceptors (Lipinski definition) is 6. The smallest absolute Gasteiger partial charge is 0.233 e. The fraction of sp³-hybridized carbons (Fsp3) is 0.278. The van der Waals surface area contributed by atoms with Crippen molar-refractivity contribution in [2.24, 2.45) is 0 Å². The first-order chi connectivity index (χ1) is 13.1. The molecule has 1 aliphatic rings. The van der Waals surface area contributed by atoms with Crippen LogP contribution in [-0.4, -0.2) is 52.7 Å². The number of piperazine rings is 1. The molecule has 4 rings (SSSR count). The standard InChI is InChI=1S/C18H16Cl2N4OS2/c19-12-1-2-14(20)15(9-12)27-10-16(25)23-4-6-24(7-5-23)17-13-3-8-26-18(13)22-11-21-17/h1-3,8-9,11H,4-7,10H2. The molecule has 3 aromatic rings. The maximum Gasteiger partial charge on any atom is 0.233 e. The number of fused-ring (bicyclic) bond motifs is 1. The Kier molecular flexibility index (Phi) is 5.73. The van der Waals surface area contributed by atoms with Crippen LogP contribution in [0.3, 0.4) is 0 Å². The Morgan fingerprint density at radius 1 is 1.15 bits per heavy atom. The number of thiophene rings is 1. The van der Waals surface area contributed by atoms with Gasteiger partial charge >= 0.3 is 0 Å². The lowest BCUT2D eigenvalue weighted by molar-refractivity contribution is -0.128. The highest BCUT2D eigenvalue weighted by atomic mass is 35.5. The summed E-state index contributed by atoms with van der Waals surface area (Å²) in [5, 5.41) is 4.34. The molecule has 0 unspecified atom stereocenters. The van der Waals surface area contributed by atoms with Gasteiger partial charge in [0.15, 0.2) is 0 Å². The molecule has 5 nitrogen and oxygen atoms in total. The molecule has 0 radical (unpaired) electrons. The Morgan fingerprint density at radius 3 is 2.78 bits per heavy atom. The number of aromatic nitrogens is 2. The number of hydrogen-bond donors (Lipinski definition) is 0. The molecule has 1 fully saturated rings. The third-order valence-electron chi connectivity index (χ3n) is 4.42. The lowest BCUT2D eigenvalue weighted by Crippen LogP contribution is -2.49. The second-order valence-electron chi connectivity index (χ2n) is 6.07. The van der Waals surface area contributed by atoms with Crippen molar-refractivity contribution in [3.8, 4) is 0 Å². The maximum absolute atomic E-state index is 12.6. The van der Waals surface area contributed by atoms with Crippen LogP contribution < -0.4 is 4.90 Å². The molecule has 1 amide bonds. The van der Waals surface area contributed by atoms with E-state index in [1.807, 2.05) is 10.3 Å². The summed E-state index contributed by atoms with van der Waals surface area (Å²) in [6.45, 7) is 2.88. The molecule has 0 saturated carbocycles. The summed E-state index contributed by atoms with van der Waals surface area (Å²) in [6, 6.07) is 7.34. The number of halogens is 2. The van der Waals surface area contributed by atoms with E-state index in [4.69, 9.17) is 23.2 Å². The van der Waals surface area contributed by atoms with Crippen molar-refractivity contribution in [1.29, 1.82) is 0 Å². The van der Waals surface area contributed by atoms with Gasteiger partial charge in [0.05, 0.1) is 16.2 Å². The number of nitrogens with zero attached hydrogens (tertiary/aromatic N) is 4. The quantitative estimate of drug-likeness (QED) is 0.563. The van der Waals surface area contributed by atoms with E-state index in [0.717, 1.165) is 34.0 Å². The largest absolute Gasteiger partial charge is 0.352 e. The van der Waals surface area contributed by atoms with Crippen LogP contribution in [0, 0.1) is 0 Å². The predicted octanol–water partition coefficient (Wildman–Crippen LogP) is 4.44. The second-order valence-corrected chi connectivity index (χ2v) is 8.82. The number of carbonyl (C=O) groups is 1. The van der Waals surface area contributed by atoms with Gasteiger partial charge in [-0.15, -0.1) is 23.1 Å². The number of benzene rings is 1. The van der Waals surface area contributed by atoms with E-state index < -0.39 is 0 Å². The molecule has 3 heterocycles. The number of anilines is 1. The highest BCUT2D eigenvalue weighted by Crippen LogP contribution is 2.30. The number of carbonyl (C=O) groups excluding carboxylic acids is 1. The van der Waals surface area contributed by atoms with Crippen LogP contribution in [0.5, 0.6) is 0 Å². The van der Waals surface area contributed by atoms with Crippen molar-refractivity contribution >= 4 is 68.2 Å². The van der Waals surface area contributed by atoms with E-state index in [1.54, 1.807) is 35.9 Å². The number of amides is 1. The minimum absolute atomic E-state index is 0.110. The second kappa shape index (κ2) is 8.22. The van der Waals surface area contributed by atoms with Gasteiger partial charge in [-0.2, -0.15) is 0 Å². The molecular weight excluding hydrogens is 423 g/mol. The summed E-state index contributed by atoms with van der Waals surface area (Å²) < 4.78 is 0. The fourth-order valence-corrected chi connectivity index (χ4v) is 5.14. The zero-order chi connectivity index (χ0) is 18.8. The molecule has 2 aromatic heterocycles. The molecule has 0 N–H and O–H groups in total. The van der Waals surface area contributed by atoms with Crippen LogP contribution in [-0.2, 0) is 4.79 Å². The molecule has 140 valence electrons. The molecule has 1 saturated heterocycles. The minimum Gasteiger partial charge on any atom is -0.352 e. The molecule has 9 heteroatoms. The van der Waals surface area contributed by atoms with Gasteiger partial charge in [0.25, 0.3) is 0 Å². The van der Waals surface area contributed by atoms with Gasteiger partial charge in [-0.1, -0.05) is 23.2 Å². The molecule has 0 bridgehead atoms. The summed E-state index contributed by atoms with van der Waals surface area (Å²) in [5.74, 6) is 1.41. The predicted molar refractivity (Wildman–Crippen MR) is 113 cm³/mol. The van der Waals surface area contributed by atoms with Crippen molar-refractivity contribution in [2.75, 3.05) is 36.8 Å². The summed E-state index contributed by atoms with van der Waals surface area (Å²) in [4.78, 5) is 27.3. The van der Waals surface area contributed by atoms with Gasteiger partial charge in [-0.3, -0.25) is 4.79 Å². The maximum atomic E-state index is 12.6. The van der Waals surface area contributed by atoms with E-state index in [-0.39, 0.29) is 5.91 Å². The van der Waals surface area contributed by atoms with Crippen LogP contribution >= 0.6 is 46.3 Å². The topological polar surface area (TPSA) is 49.3 Å². The molecule has 1 aromatic carbocycles. The molecule has 27 heavy (non-hydrogen) atoms. The van der Waals surface area contributed by atoms with Gasteiger partial charge in [0, 0.05) is 36.1 Å². The van der Waals surface area contributed by atoms with Gasteiger partial charge in [-0.05, 0) is 29.6 Å². The van der Waals surface area contributed by atoms with Gasteiger partial charge < -0.3 is 9.80 Å². The van der Waals surface area contributed by atoms with Crippen LogP contribution in [0.15, 0.2) is 40.9 Å². The van der Waals surface area contributed by atoms with E-state index in [2.05, 4.69) is 20.9 Å². The average Bonchev–Trinajstić information content (AvgIpc) is 3.17. The van der Waals surface area contributed by atoms with Gasteiger partial charge in [-0.25, -0.2) is 9.97 Å². The first-order valence-electron chi connectivity index (χ1n) is 8.40. The molecule has 1 aliphatic heterocycles. The highest BCUT2D eigenvalue weighted by molar-refractivity contribution is 8.00. The fourth-order valence-electron chi connectivity index (χ4n) is 3.02. The first-order valence-corrected chi connectivity index (χ1v) is 11.0. The van der Waals surface area contributed by atoms with Crippen molar-refractivity contribution in [3.05, 3.63) is 46.0 Å². The van der Waals surface area contributed by atoms with Gasteiger partial charge in [0.2, 0.25) is 5.91 Å². The zero-order valence-corrected chi connectivity index (χ0v) is 17.4. The normalized spacial score (nSPS) is 14.7. The molecule has 0 spiro atoms. The Morgan fingerprint density at radius 2 is 1.96 bits per heavy atom. The SMILES string of the molecule is O=C(CSc1cc(Cl)ccc1Cl)N1CCN(c2ncnc3sccc23)CC1. The molecule has 0 aliphatic carbocycles.